The summed E-state index contributed by atoms with van der Waals surface area (Å²) in [7, 11) is 0. The quantitative estimate of drug-likeness (QED) is 0.454. The lowest BCUT2D eigenvalue weighted by molar-refractivity contribution is -0.577. The summed E-state index contributed by atoms with van der Waals surface area (Å²) in [6, 6.07) is 0.797. The van der Waals surface area contributed by atoms with Gasteiger partial charge >= 0.3 is 18.3 Å². The van der Waals surface area contributed by atoms with Gasteiger partial charge in [0, 0.05) is 0 Å². The van der Waals surface area contributed by atoms with E-state index in [4.69, 9.17) is 11.5 Å². The normalized spacial score (nSPS) is 11.8. The fourth-order valence-electron chi connectivity index (χ4n) is 0.815. The van der Waals surface area contributed by atoms with E-state index in [1.807, 2.05) is 0 Å². The van der Waals surface area contributed by atoms with E-state index in [-0.39, 0.29) is 4.73 Å². The molecule has 0 saturated carbocycles. The summed E-state index contributed by atoms with van der Waals surface area (Å²) < 4.78 is 52.8. The molecule has 1 rings (SSSR count). The van der Waals surface area contributed by atoms with Gasteiger partial charge in [0.2, 0.25) is 0 Å². The van der Waals surface area contributed by atoms with E-state index in [0.717, 1.165) is 6.07 Å². The van der Waals surface area contributed by atoms with Gasteiger partial charge in [-0.1, -0.05) is 4.98 Å². The molecule has 0 aliphatic heterocycles. The fraction of sp³-hybridized carbons (Fsp3) is 0.429. The van der Waals surface area contributed by atoms with Crippen molar-refractivity contribution in [3.05, 3.63) is 11.3 Å². The van der Waals surface area contributed by atoms with Crippen LogP contribution in [0, 0.1) is 5.21 Å². The number of nitrogen functional groups attached to an aromatic ring is 2. The number of ether oxygens (including phenoxy) is 1. The van der Waals surface area contributed by atoms with Crippen molar-refractivity contribution in [1.82, 2.24) is 4.98 Å². The third-order valence-electron chi connectivity index (χ3n) is 1.67. The Bertz CT molecular complexity index is 392. The van der Waals surface area contributed by atoms with Crippen molar-refractivity contribution in [2.24, 2.45) is 0 Å². The zero-order valence-corrected chi connectivity index (χ0v) is 8.24. The largest absolute Gasteiger partial charge is 0.754 e. The molecule has 0 bridgehead atoms. The molecule has 0 fully saturated rings. The van der Waals surface area contributed by atoms with Crippen LogP contribution < -0.4 is 20.9 Å². The number of hydrogen-bond donors (Lipinski definition) is 2. The Hall–Kier alpha value is -2.00. The zero-order chi connectivity index (χ0) is 13.2. The molecule has 1 aromatic rings. The van der Waals surface area contributed by atoms with Crippen molar-refractivity contribution < 1.29 is 27.0 Å². The summed E-state index contributed by atoms with van der Waals surface area (Å²) in [5, 5.41) is 10.9. The molecule has 0 spiro atoms. The second kappa shape index (κ2) is 4.47. The van der Waals surface area contributed by atoms with E-state index in [0.29, 0.717) is 0 Å². The second-order valence-corrected chi connectivity index (χ2v) is 3.02. The van der Waals surface area contributed by atoms with Gasteiger partial charge in [-0.25, -0.2) is 13.5 Å². The summed E-state index contributed by atoms with van der Waals surface area (Å²) in [6.07, 6.45) is -3.87. The van der Waals surface area contributed by atoms with Crippen molar-refractivity contribution >= 4 is 11.8 Å². The molecule has 1 aromatic heterocycles. The highest BCUT2D eigenvalue weighted by atomic mass is 19.3. The zero-order valence-electron chi connectivity index (χ0n) is 8.24. The molecular formula is C7H8F4N4O2. The van der Waals surface area contributed by atoms with Gasteiger partial charge in [-0.15, -0.1) is 0 Å². The van der Waals surface area contributed by atoms with Crippen LogP contribution in [0.5, 0.6) is 5.88 Å². The van der Waals surface area contributed by atoms with Crippen LogP contribution in [-0.2, 0) is 0 Å². The predicted octanol–water partition coefficient (Wildman–Crippen LogP) is 0.159. The van der Waals surface area contributed by atoms with E-state index in [2.05, 4.69) is 9.72 Å². The van der Waals surface area contributed by atoms with Crippen LogP contribution in [-0.4, -0.2) is 23.9 Å². The van der Waals surface area contributed by atoms with Crippen molar-refractivity contribution in [3.63, 3.8) is 0 Å². The number of halogens is 4. The third-order valence-corrected chi connectivity index (χ3v) is 1.67. The topological polar surface area (TPSA) is 101 Å². The van der Waals surface area contributed by atoms with Crippen LogP contribution >= 0.6 is 0 Å². The summed E-state index contributed by atoms with van der Waals surface area (Å²) in [4.78, 5) is 3.24. The average molecular weight is 256 g/mol. The van der Waals surface area contributed by atoms with E-state index < -0.39 is 36.6 Å². The molecule has 6 nitrogen and oxygen atoms in total. The van der Waals surface area contributed by atoms with Crippen molar-refractivity contribution in [3.8, 4) is 5.88 Å². The van der Waals surface area contributed by atoms with E-state index in [1.54, 1.807) is 0 Å². The Kier molecular flexibility index (Phi) is 3.44. The van der Waals surface area contributed by atoms with Crippen LogP contribution in [0.1, 0.15) is 0 Å². The number of hydrogen-bond acceptors (Lipinski definition) is 5. The molecule has 0 amide bonds. The van der Waals surface area contributed by atoms with Crippen LogP contribution in [0.4, 0.5) is 29.3 Å². The van der Waals surface area contributed by atoms with E-state index >= 15 is 0 Å². The fourth-order valence-corrected chi connectivity index (χ4v) is 0.815. The molecule has 0 saturated heterocycles. The molecule has 10 heteroatoms. The third kappa shape index (κ3) is 2.98. The Labute approximate surface area is 92.4 Å². The van der Waals surface area contributed by atoms with Gasteiger partial charge < -0.3 is 21.4 Å². The van der Waals surface area contributed by atoms with Crippen LogP contribution in [0.15, 0.2) is 6.07 Å². The van der Waals surface area contributed by atoms with Crippen molar-refractivity contribution in [2.75, 3.05) is 18.1 Å². The Morgan fingerprint density at radius 1 is 1.47 bits per heavy atom. The van der Waals surface area contributed by atoms with Gasteiger partial charge in [-0.2, -0.15) is 8.78 Å². The lowest BCUT2D eigenvalue weighted by Crippen LogP contribution is -2.36. The maximum atomic E-state index is 12.5. The van der Waals surface area contributed by atoms with Crippen LogP contribution in [0.2, 0.25) is 0 Å². The summed E-state index contributed by atoms with van der Waals surface area (Å²) >= 11 is 0. The van der Waals surface area contributed by atoms with Crippen molar-refractivity contribution in [1.29, 1.82) is 0 Å². The number of rotatable bonds is 4. The Morgan fingerprint density at radius 3 is 2.53 bits per heavy atom. The van der Waals surface area contributed by atoms with Gasteiger partial charge in [0.05, 0.1) is 6.07 Å². The lowest BCUT2D eigenvalue weighted by atomic mass is 10.4. The number of aromatic nitrogens is 2. The summed E-state index contributed by atoms with van der Waals surface area (Å²) in [5.41, 5.74) is 10.2. The molecule has 0 aromatic carbocycles. The van der Waals surface area contributed by atoms with Gasteiger partial charge in [0.15, 0.2) is 12.4 Å². The first kappa shape index (κ1) is 13.1. The molecule has 0 unspecified atom stereocenters. The maximum absolute atomic E-state index is 12.5. The number of nitrogens with two attached hydrogens (primary N) is 2. The smallest absolute Gasteiger partial charge is 0.347 e. The van der Waals surface area contributed by atoms with E-state index in [9.17, 15) is 22.8 Å². The van der Waals surface area contributed by atoms with E-state index in [1.165, 1.54) is 0 Å². The molecule has 0 aliphatic rings. The molecule has 0 radical (unpaired) electrons. The average Bonchev–Trinajstić information content (AvgIpc) is 2.22. The minimum Gasteiger partial charge on any atom is -0.754 e. The molecule has 0 aliphatic carbocycles. The minimum atomic E-state index is -4.32. The van der Waals surface area contributed by atoms with Gasteiger partial charge in [-0.3, -0.25) is 0 Å². The first-order valence-electron chi connectivity index (χ1n) is 4.18. The molecule has 17 heavy (non-hydrogen) atoms. The first-order chi connectivity index (χ1) is 7.74. The molecule has 1 heterocycles. The Balaban J connectivity index is 2.77. The first-order valence-corrected chi connectivity index (χ1v) is 4.18. The van der Waals surface area contributed by atoms with Crippen LogP contribution in [0.25, 0.3) is 0 Å². The molecule has 0 atom stereocenters. The lowest BCUT2D eigenvalue weighted by Gasteiger charge is -2.15. The molecule has 96 valence electrons. The number of anilines is 2. The number of alkyl halides is 4. The summed E-state index contributed by atoms with van der Waals surface area (Å²) in [5.74, 6) is -5.95. The second-order valence-electron chi connectivity index (χ2n) is 3.02. The Morgan fingerprint density at radius 2 is 2.06 bits per heavy atom. The molecular weight excluding hydrogens is 248 g/mol. The van der Waals surface area contributed by atoms with Gasteiger partial charge in [0.25, 0.3) is 5.88 Å². The van der Waals surface area contributed by atoms with Crippen LogP contribution in [0.3, 0.4) is 0 Å². The minimum absolute atomic E-state index is 0.0259. The SMILES string of the molecule is Nc1cc(OCC(F)(F)C(F)F)nc(N)[n+]1[O-]. The standard InChI is InChI=1S/C7H8F4N4O2/c8-5(9)7(10,11)2-17-4-1-3(12)15(16)6(13)14-4/h1,5H,2,12H2,(H2,13,14). The highest BCUT2D eigenvalue weighted by Gasteiger charge is 2.42. The number of nitrogens with zero attached hydrogens (tertiary/aromatic N) is 2. The highest BCUT2D eigenvalue weighted by molar-refractivity contribution is 5.31. The van der Waals surface area contributed by atoms with Crippen molar-refractivity contribution in [2.45, 2.75) is 12.3 Å². The summed E-state index contributed by atoms with van der Waals surface area (Å²) in [6.45, 7) is -1.60. The van der Waals surface area contributed by atoms with Gasteiger partial charge in [-0.05, 0) is 0 Å². The maximum Gasteiger partial charge on any atom is 0.347 e. The van der Waals surface area contributed by atoms with Gasteiger partial charge in [0.1, 0.15) is 0 Å². The molecule has 4 N–H and O–H groups in total. The monoisotopic (exact) mass is 256 g/mol. The predicted molar refractivity (Wildman–Crippen MR) is 48.5 cm³/mol. The highest BCUT2D eigenvalue weighted by Crippen LogP contribution is 2.24.